The summed E-state index contributed by atoms with van der Waals surface area (Å²) in [5, 5.41) is 0. The van der Waals surface area contributed by atoms with Crippen molar-refractivity contribution in [1.82, 2.24) is 4.90 Å². The highest BCUT2D eigenvalue weighted by Gasteiger charge is 2.40. The van der Waals surface area contributed by atoms with E-state index in [-0.39, 0.29) is 0 Å². The van der Waals surface area contributed by atoms with Gasteiger partial charge in [0.25, 0.3) is 0 Å². The summed E-state index contributed by atoms with van der Waals surface area (Å²) in [6, 6.07) is 4.40. The van der Waals surface area contributed by atoms with Crippen molar-refractivity contribution in [1.29, 1.82) is 0 Å². The second-order valence-electron chi connectivity index (χ2n) is 5.35. The molecule has 0 radical (unpaired) electrons. The smallest absolute Gasteiger partial charge is 0.0701 e. The van der Waals surface area contributed by atoms with E-state index in [1.165, 1.54) is 47.4 Å². The van der Waals surface area contributed by atoms with Crippen molar-refractivity contribution < 1.29 is 0 Å². The number of likely N-dealkylation sites (tertiary alicyclic amines) is 1. The fraction of sp³-hybridized carbons (Fsp3) is 0.714. The molecule has 0 aliphatic carbocycles. The lowest BCUT2D eigenvalue weighted by Gasteiger charge is -2.50. The first-order valence-electron chi connectivity index (χ1n) is 6.64. The number of thiophene rings is 1. The minimum Gasteiger partial charge on any atom is -0.297 e. The van der Waals surface area contributed by atoms with E-state index < -0.39 is 0 Å². The van der Waals surface area contributed by atoms with E-state index in [0.29, 0.717) is 5.41 Å². The van der Waals surface area contributed by atoms with Crippen molar-refractivity contribution in [3.8, 4) is 0 Å². The Morgan fingerprint density at radius 1 is 1.24 bits per heavy atom. The molecule has 0 bridgehead atoms. The molecule has 0 amide bonds. The highest BCUT2D eigenvalue weighted by Crippen LogP contribution is 2.40. The van der Waals surface area contributed by atoms with Gasteiger partial charge in [-0.15, -0.1) is 11.3 Å². The molecule has 17 heavy (non-hydrogen) atoms. The molecular weight excluding hydrogens is 294 g/mol. The molecule has 0 unspecified atom stereocenters. The van der Waals surface area contributed by atoms with Crippen LogP contribution in [-0.4, -0.2) is 18.0 Å². The Kier molecular flexibility index (Phi) is 4.67. The molecule has 0 spiro atoms. The van der Waals surface area contributed by atoms with E-state index in [2.05, 4.69) is 46.8 Å². The zero-order valence-electron chi connectivity index (χ0n) is 10.8. The van der Waals surface area contributed by atoms with Gasteiger partial charge in [-0.2, -0.15) is 0 Å². The predicted octanol–water partition coefficient (Wildman–Crippen LogP) is 4.91. The summed E-state index contributed by atoms with van der Waals surface area (Å²) in [7, 11) is 0. The maximum absolute atomic E-state index is 3.53. The first kappa shape index (κ1) is 13.6. The van der Waals surface area contributed by atoms with E-state index in [1.807, 2.05) is 11.3 Å². The maximum Gasteiger partial charge on any atom is 0.0701 e. The molecule has 0 N–H and O–H groups in total. The van der Waals surface area contributed by atoms with Gasteiger partial charge in [-0.3, -0.25) is 4.90 Å². The lowest BCUT2D eigenvalue weighted by molar-refractivity contribution is -0.0197. The summed E-state index contributed by atoms with van der Waals surface area (Å²) in [6.45, 7) is 8.40. The van der Waals surface area contributed by atoms with Gasteiger partial charge < -0.3 is 0 Å². The van der Waals surface area contributed by atoms with Gasteiger partial charge in [-0.25, -0.2) is 0 Å². The third-order valence-electron chi connectivity index (χ3n) is 3.69. The van der Waals surface area contributed by atoms with E-state index in [1.54, 1.807) is 0 Å². The van der Waals surface area contributed by atoms with Crippen molar-refractivity contribution in [3.05, 3.63) is 20.8 Å². The third kappa shape index (κ3) is 3.33. The standard InChI is InChI=1S/C14H22BrNS/c1-3-7-14(8-4-2)10-16(11-14)9-12-5-6-13(15)17-12/h5-6H,3-4,7-11H2,1-2H3. The van der Waals surface area contributed by atoms with Crippen LogP contribution in [0.25, 0.3) is 0 Å². The minimum absolute atomic E-state index is 0.651. The number of hydrogen-bond donors (Lipinski definition) is 0. The molecule has 1 nitrogen and oxygen atoms in total. The van der Waals surface area contributed by atoms with Crippen molar-refractivity contribution in [2.24, 2.45) is 5.41 Å². The van der Waals surface area contributed by atoms with Crippen LogP contribution in [0.15, 0.2) is 15.9 Å². The molecule has 3 heteroatoms. The molecule has 0 aromatic carbocycles. The van der Waals surface area contributed by atoms with Gasteiger partial charge in [0.1, 0.15) is 0 Å². The van der Waals surface area contributed by atoms with Crippen molar-refractivity contribution in [2.45, 2.75) is 46.1 Å². The molecule has 1 saturated heterocycles. The second-order valence-corrected chi connectivity index (χ2v) is 7.90. The van der Waals surface area contributed by atoms with E-state index >= 15 is 0 Å². The highest BCUT2D eigenvalue weighted by atomic mass is 79.9. The SMILES string of the molecule is CCCC1(CCC)CN(Cc2ccc(Br)s2)C1. The molecule has 2 rings (SSSR count). The number of halogens is 1. The van der Waals surface area contributed by atoms with Crippen LogP contribution < -0.4 is 0 Å². The van der Waals surface area contributed by atoms with Crippen LogP contribution in [-0.2, 0) is 6.54 Å². The summed E-state index contributed by atoms with van der Waals surface area (Å²) >= 11 is 5.40. The van der Waals surface area contributed by atoms with E-state index in [4.69, 9.17) is 0 Å². The second kappa shape index (κ2) is 5.85. The van der Waals surface area contributed by atoms with Gasteiger partial charge in [0.15, 0.2) is 0 Å². The molecule has 1 aliphatic rings. The van der Waals surface area contributed by atoms with Gasteiger partial charge in [0.2, 0.25) is 0 Å². The molecule has 2 heterocycles. The fourth-order valence-electron chi connectivity index (χ4n) is 3.17. The largest absolute Gasteiger partial charge is 0.297 e. The Hall–Kier alpha value is 0.140. The Bertz CT molecular complexity index is 347. The van der Waals surface area contributed by atoms with Crippen LogP contribution >= 0.6 is 27.3 Å². The van der Waals surface area contributed by atoms with Gasteiger partial charge in [-0.05, 0) is 46.3 Å². The Morgan fingerprint density at radius 3 is 2.35 bits per heavy atom. The topological polar surface area (TPSA) is 3.24 Å². The predicted molar refractivity (Wildman–Crippen MR) is 79.5 cm³/mol. The van der Waals surface area contributed by atoms with Gasteiger partial charge >= 0.3 is 0 Å². The Balaban J connectivity index is 1.84. The monoisotopic (exact) mass is 315 g/mol. The molecule has 1 fully saturated rings. The first-order valence-corrected chi connectivity index (χ1v) is 8.25. The average molecular weight is 316 g/mol. The fourth-order valence-corrected chi connectivity index (χ4v) is 4.70. The first-order chi connectivity index (χ1) is 8.17. The normalized spacial score (nSPS) is 19.2. The summed E-state index contributed by atoms with van der Waals surface area (Å²) in [5.74, 6) is 0. The Labute approximate surface area is 117 Å². The zero-order valence-corrected chi connectivity index (χ0v) is 13.2. The number of nitrogens with zero attached hydrogens (tertiary/aromatic N) is 1. The molecular formula is C14H22BrNS. The molecule has 96 valence electrons. The lowest BCUT2D eigenvalue weighted by atomic mass is 9.72. The van der Waals surface area contributed by atoms with Crippen molar-refractivity contribution in [3.63, 3.8) is 0 Å². The summed E-state index contributed by atoms with van der Waals surface area (Å²) in [6.07, 6.45) is 5.48. The van der Waals surface area contributed by atoms with Crippen LogP contribution in [0.5, 0.6) is 0 Å². The number of hydrogen-bond acceptors (Lipinski definition) is 2. The average Bonchev–Trinajstić information content (AvgIpc) is 2.62. The maximum atomic E-state index is 3.53. The summed E-state index contributed by atoms with van der Waals surface area (Å²) in [5.41, 5.74) is 0.651. The van der Waals surface area contributed by atoms with Crippen molar-refractivity contribution in [2.75, 3.05) is 13.1 Å². The van der Waals surface area contributed by atoms with Gasteiger partial charge in [0, 0.05) is 24.5 Å². The third-order valence-corrected chi connectivity index (χ3v) is 5.30. The summed E-state index contributed by atoms with van der Waals surface area (Å²) in [4.78, 5) is 4.09. The molecule has 1 aromatic rings. The van der Waals surface area contributed by atoms with Crippen LogP contribution in [0.3, 0.4) is 0 Å². The van der Waals surface area contributed by atoms with Gasteiger partial charge in [-0.1, -0.05) is 26.7 Å². The van der Waals surface area contributed by atoms with Gasteiger partial charge in [0.05, 0.1) is 3.79 Å². The van der Waals surface area contributed by atoms with Crippen molar-refractivity contribution >= 4 is 27.3 Å². The van der Waals surface area contributed by atoms with E-state index in [0.717, 1.165) is 6.54 Å². The highest BCUT2D eigenvalue weighted by molar-refractivity contribution is 9.11. The lowest BCUT2D eigenvalue weighted by Crippen LogP contribution is -2.55. The van der Waals surface area contributed by atoms with Crippen LogP contribution in [0.2, 0.25) is 0 Å². The van der Waals surface area contributed by atoms with Crippen LogP contribution in [0, 0.1) is 5.41 Å². The zero-order chi connectivity index (χ0) is 12.3. The molecule has 0 atom stereocenters. The van der Waals surface area contributed by atoms with Crippen LogP contribution in [0.1, 0.15) is 44.4 Å². The summed E-state index contributed by atoms with van der Waals surface area (Å²) < 4.78 is 1.25. The van der Waals surface area contributed by atoms with E-state index in [9.17, 15) is 0 Å². The quantitative estimate of drug-likeness (QED) is 0.720. The Morgan fingerprint density at radius 2 is 1.88 bits per heavy atom. The molecule has 1 aliphatic heterocycles. The molecule has 1 aromatic heterocycles. The minimum atomic E-state index is 0.651. The van der Waals surface area contributed by atoms with Crippen LogP contribution in [0.4, 0.5) is 0 Å². The molecule has 0 saturated carbocycles. The number of rotatable bonds is 6.